The van der Waals surface area contributed by atoms with E-state index in [4.69, 9.17) is 11.6 Å². The molecule has 0 fully saturated rings. The Morgan fingerprint density at radius 1 is 1.44 bits per heavy atom. The number of fused-ring (bicyclic) bond motifs is 1. The fourth-order valence-corrected chi connectivity index (χ4v) is 2.06. The number of esters is 1. The lowest BCUT2D eigenvalue weighted by Gasteiger charge is -2.12. The van der Waals surface area contributed by atoms with Gasteiger partial charge in [-0.15, -0.1) is 0 Å². The van der Waals surface area contributed by atoms with Crippen LogP contribution in [0.4, 0.5) is 4.39 Å². The average Bonchev–Trinajstić information content (AvgIpc) is 2.36. The first-order chi connectivity index (χ1) is 8.52. The highest BCUT2D eigenvalue weighted by molar-refractivity contribution is 6.30. The number of benzene rings is 1. The van der Waals surface area contributed by atoms with Crippen LogP contribution in [-0.2, 0) is 9.53 Å². The Bertz CT molecular complexity index is 615. The van der Waals surface area contributed by atoms with Gasteiger partial charge in [-0.3, -0.25) is 4.79 Å². The van der Waals surface area contributed by atoms with E-state index in [-0.39, 0.29) is 11.0 Å². The molecule has 3 nitrogen and oxygen atoms in total. The molecule has 1 aromatic carbocycles. The SMILES string of the molecule is COC(=O)C(C)c1cc(Cl)nc2ccc(F)cc12. The van der Waals surface area contributed by atoms with Crippen molar-refractivity contribution in [1.82, 2.24) is 4.98 Å². The van der Waals surface area contributed by atoms with E-state index in [0.717, 1.165) is 0 Å². The minimum atomic E-state index is -0.528. The number of hydrogen-bond acceptors (Lipinski definition) is 3. The summed E-state index contributed by atoms with van der Waals surface area (Å²) in [5, 5.41) is 0.831. The molecule has 1 aromatic heterocycles. The maximum Gasteiger partial charge on any atom is 0.312 e. The molecule has 0 N–H and O–H groups in total. The van der Waals surface area contributed by atoms with Crippen molar-refractivity contribution < 1.29 is 13.9 Å². The van der Waals surface area contributed by atoms with Crippen molar-refractivity contribution in [2.75, 3.05) is 7.11 Å². The summed E-state index contributed by atoms with van der Waals surface area (Å²) < 4.78 is 18.0. The molecule has 0 saturated carbocycles. The van der Waals surface area contributed by atoms with Gasteiger partial charge in [0.25, 0.3) is 0 Å². The number of aromatic nitrogens is 1. The predicted molar refractivity (Wildman–Crippen MR) is 67.1 cm³/mol. The highest BCUT2D eigenvalue weighted by atomic mass is 35.5. The average molecular weight is 268 g/mol. The third-order valence-corrected chi connectivity index (χ3v) is 2.99. The molecule has 0 amide bonds. The van der Waals surface area contributed by atoms with Crippen LogP contribution >= 0.6 is 11.6 Å². The van der Waals surface area contributed by atoms with Crippen LogP contribution in [0, 0.1) is 5.82 Å². The van der Waals surface area contributed by atoms with Crippen molar-refractivity contribution in [1.29, 1.82) is 0 Å². The molecule has 0 aliphatic carbocycles. The normalized spacial score (nSPS) is 12.4. The number of rotatable bonds is 2. The first-order valence-corrected chi connectivity index (χ1v) is 5.74. The smallest absolute Gasteiger partial charge is 0.312 e. The third-order valence-electron chi connectivity index (χ3n) is 2.79. The molecular formula is C13H11ClFNO2. The van der Waals surface area contributed by atoms with E-state index in [1.807, 2.05) is 0 Å². The number of hydrogen-bond donors (Lipinski definition) is 0. The lowest BCUT2D eigenvalue weighted by atomic mass is 9.97. The van der Waals surface area contributed by atoms with Crippen LogP contribution in [0.2, 0.25) is 5.15 Å². The quantitative estimate of drug-likeness (QED) is 0.619. The summed E-state index contributed by atoms with van der Waals surface area (Å²) in [5.41, 5.74) is 1.16. The Hall–Kier alpha value is -1.68. The molecule has 0 aliphatic rings. The second-order valence-electron chi connectivity index (χ2n) is 3.94. The summed E-state index contributed by atoms with van der Waals surface area (Å²) in [6.07, 6.45) is 0. The number of methoxy groups -OCH3 is 1. The van der Waals surface area contributed by atoms with Crippen molar-refractivity contribution >= 4 is 28.5 Å². The van der Waals surface area contributed by atoms with Crippen molar-refractivity contribution in [2.24, 2.45) is 0 Å². The number of pyridine rings is 1. The fourth-order valence-electron chi connectivity index (χ4n) is 1.85. The van der Waals surface area contributed by atoms with Gasteiger partial charge in [0.2, 0.25) is 0 Å². The molecule has 1 atom stereocenters. The van der Waals surface area contributed by atoms with Crippen LogP contribution in [0.15, 0.2) is 24.3 Å². The van der Waals surface area contributed by atoms with E-state index in [2.05, 4.69) is 9.72 Å². The molecule has 0 bridgehead atoms. The van der Waals surface area contributed by atoms with Gasteiger partial charge in [0, 0.05) is 5.39 Å². The molecule has 1 unspecified atom stereocenters. The Morgan fingerprint density at radius 3 is 2.83 bits per heavy atom. The van der Waals surface area contributed by atoms with Crippen LogP contribution in [0.25, 0.3) is 10.9 Å². The molecule has 2 rings (SSSR count). The summed E-state index contributed by atoms with van der Waals surface area (Å²) in [7, 11) is 1.31. The zero-order valence-electron chi connectivity index (χ0n) is 9.91. The Balaban J connectivity index is 2.68. The van der Waals surface area contributed by atoms with Crippen LogP contribution in [0.1, 0.15) is 18.4 Å². The molecule has 18 heavy (non-hydrogen) atoms. The van der Waals surface area contributed by atoms with Gasteiger partial charge in [-0.2, -0.15) is 0 Å². The van der Waals surface area contributed by atoms with Gasteiger partial charge < -0.3 is 4.74 Å². The minimum absolute atomic E-state index is 0.264. The maximum absolute atomic E-state index is 13.3. The molecule has 0 spiro atoms. The van der Waals surface area contributed by atoms with E-state index < -0.39 is 11.9 Å². The van der Waals surface area contributed by atoms with E-state index in [1.54, 1.807) is 13.0 Å². The van der Waals surface area contributed by atoms with Crippen molar-refractivity contribution in [3.63, 3.8) is 0 Å². The molecule has 0 radical (unpaired) electrons. The van der Waals surface area contributed by atoms with Crippen LogP contribution in [0.3, 0.4) is 0 Å². The maximum atomic E-state index is 13.3. The van der Waals surface area contributed by atoms with E-state index in [9.17, 15) is 9.18 Å². The van der Waals surface area contributed by atoms with Crippen molar-refractivity contribution in [3.8, 4) is 0 Å². The monoisotopic (exact) mass is 267 g/mol. The van der Waals surface area contributed by atoms with Gasteiger partial charge in [-0.1, -0.05) is 11.6 Å². The summed E-state index contributed by atoms with van der Waals surface area (Å²) in [6, 6.07) is 5.74. The van der Waals surface area contributed by atoms with Gasteiger partial charge in [-0.05, 0) is 36.8 Å². The van der Waals surface area contributed by atoms with Gasteiger partial charge in [0.1, 0.15) is 11.0 Å². The topological polar surface area (TPSA) is 39.2 Å². The second-order valence-corrected chi connectivity index (χ2v) is 4.33. The van der Waals surface area contributed by atoms with Crippen molar-refractivity contribution in [2.45, 2.75) is 12.8 Å². The van der Waals surface area contributed by atoms with Gasteiger partial charge >= 0.3 is 5.97 Å². The number of carbonyl (C=O) groups is 1. The predicted octanol–water partition coefficient (Wildman–Crippen LogP) is 3.30. The van der Waals surface area contributed by atoms with Crippen LogP contribution in [0.5, 0.6) is 0 Å². The number of nitrogens with zero attached hydrogens (tertiary/aromatic N) is 1. The second kappa shape index (κ2) is 4.90. The Labute approximate surface area is 109 Å². The van der Waals surface area contributed by atoms with E-state index in [1.165, 1.54) is 25.3 Å². The zero-order chi connectivity index (χ0) is 13.3. The van der Waals surface area contributed by atoms with Crippen molar-refractivity contribution in [3.05, 3.63) is 40.8 Å². The van der Waals surface area contributed by atoms with Crippen LogP contribution in [-0.4, -0.2) is 18.1 Å². The minimum Gasteiger partial charge on any atom is -0.469 e. The first kappa shape index (κ1) is 12.8. The largest absolute Gasteiger partial charge is 0.469 e. The molecule has 1 heterocycles. The molecule has 0 saturated heterocycles. The summed E-state index contributed by atoms with van der Waals surface area (Å²) in [4.78, 5) is 15.7. The van der Waals surface area contributed by atoms with E-state index in [0.29, 0.717) is 16.5 Å². The Kier molecular flexibility index (Phi) is 3.48. The Morgan fingerprint density at radius 2 is 2.17 bits per heavy atom. The standard InChI is InChI=1S/C13H11ClFNO2/c1-7(13(17)18-2)9-6-12(14)16-11-4-3-8(15)5-10(9)11/h3-7H,1-2H3. The molecule has 2 aromatic rings. The molecule has 5 heteroatoms. The number of ether oxygens (including phenoxy) is 1. The third kappa shape index (κ3) is 2.29. The highest BCUT2D eigenvalue weighted by Crippen LogP contribution is 2.28. The molecule has 94 valence electrons. The fraction of sp³-hybridized carbons (Fsp3) is 0.231. The summed E-state index contributed by atoms with van der Waals surface area (Å²) in [5.74, 6) is -1.31. The van der Waals surface area contributed by atoms with Gasteiger partial charge in [0.05, 0.1) is 18.5 Å². The van der Waals surface area contributed by atoms with Crippen LogP contribution < -0.4 is 0 Å². The highest BCUT2D eigenvalue weighted by Gasteiger charge is 2.19. The van der Waals surface area contributed by atoms with Gasteiger partial charge in [0.15, 0.2) is 0 Å². The molecule has 0 aliphatic heterocycles. The number of carbonyl (C=O) groups excluding carboxylic acids is 1. The van der Waals surface area contributed by atoms with Gasteiger partial charge in [-0.25, -0.2) is 9.37 Å². The zero-order valence-corrected chi connectivity index (χ0v) is 10.7. The summed E-state index contributed by atoms with van der Waals surface area (Å²) in [6.45, 7) is 1.68. The lowest BCUT2D eigenvalue weighted by molar-refractivity contribution is -0.141. The summed E-state index contributed by atoms with van der Waals surface area (Å²) >= 11 is 5.90. The van der Waals surface area contributed by atoms with E-state index >= 15 is 0 Å². The number of halogens is 2. The first-order valence-electron chi connectivity index (χ1n) is 5.36. The lowest BCUT2D eigenvalue weighted by Crippen LogP contribution is -2.11. The molecular weight excluding hydrogens is 257 g/mol.